The first-order chi connectivity index (χ1) is 6.33. The first kappa shape index (κ1) is 11.0. The highest BCUT2D eigenvalue weighted by atomic mass is 16.5. The van der Waals surface area contributed by atoms with Crippen LogP contribution in [0.15, 0.2) is 0 Å². The third-order valence-corrected chi connectivity index (χ3v) is 2.59. The van der Waals surface area contributed by atoms with E-state index in [1.807, 2.05) is 0 Å². The highest BCUT2D eigenvalue weighted by Crippen LogP contribution is 2.03. The van der Waals surface area contributed by atoms with Gasteiger partial charge in [-0.15, -0.1) is 0 Å². The fourth-order valence-corrected chi connectivity index (χ4v) is 1.51. The number of hydrogen-bond acceptors (Lipinski definition) is 3. The van der Waals surface area contributed by atoms with E-state index >= 15 is 0 Å². The monoisotopic (exact) mass is 186 g/mol. The first-order valence-corrected chi connectivity index (χ1v) is 5.33. The number of nitrogens with zero attached hydrogens (tertiary/aromatic N) is 1. The zero-order chi connectivity index (χ0) is 9.52. The molecule has 1 rings (SSSR count). The van der Waals surface area contributed by atoms with Crippen LogP contribution in [0, 0.1) is 0 Å². The Morgan fingerprint density at radius 1 is 1.54 bits per heavy atom. The Balaban J connectivity index is 1.88. The predicted molar refractivity (Wildman–Crippen MR) is 55.0 cm³/mol. The topological polar surface area (TPSA) is 24.5 Å². The molecular weight excluding hydrogens is 164 g/mol. The fraction of sp³-hybridized carbons (Fsp3) is 1.00. The lowest BCUT2D eigenvalue weighted by Crippen LogP contribution is -2.22. The van der Waals surface area contributed by atoms with Gasteiger partial charge in [-0.05, 0) is 33.0 Å². The zero-order valence-corrected chi connectivity index (χ0v) is 8.88. The minimum atomic E-state index is 0.479. The summed E-state index contributed by atoms with van der Waals surface area (Å²) in [6.07, 6.45) is 2.82. The van der Waals surface area contributed by atoms with Crippen molar-refractivity contribution in [2.75, 3.05) is 39.8 Å². The van der Waals surface area contributed by atoms with Gasteiger partial charge in [-0.2, -0.15) is 0 Å². The highest BCUT2D eigenvalue weighted by molar-refractivity contribution is 4.70. The second-order valence-corrected chi connectivity index (χ2v) is 3.74. The van der Waals surface area contributed by atoms with Gasteiger partial charge >= 0.3 is 0 Å². The summed E-state index contributed by atoms with van der Waals surface area (Å²) in [4.78, 5) is 2.32. The molecule has 1 fully saturated rings. The standard InChI is InChI=1S/C10H22N2O/c1-3-12(2)7-4-8-13-10-5-6-11-9-10/h10-11H,3-9H2,1-2H3. The molecule has 3 heteroatoms. The largest absolute Gasteiger partial charge is 0.377 e. The lowest BCUT2D eigenvalue weighted by Gasteiger charge is -2.15. The molecule has 0 aliphatic carbocycles. The fourth-order valence-electron chi connectivity index (χ4n) is 1.51. The van der Waals surface area contributed by atoms with Gasteiger partial charge in [0.25, 0.3) is 0 Å². The van der Waals surface area contributed by atoms with Crippen molar-refractivity contribution in [2.24, 2.45) is 0 Å². The summed E-state index contributed by atoms with van der Waals surface area (Å²) in [6, 6.07) is 0. The third kappa shape index (κ3) is 4.60. The van der Waals surface area contributed by atoms with Crippen molar-refractivity contribution in [3.8, 4) is 0 Å². The van der Waals surface area contributed by atoms with E-state index in [0.29, 0.717) is 6.10 Å². The Labute approximate surface area is 81.4 Å². The summed E-state index contributed by atoms with van der Waals surface area (Å²) >= 11 is 0. The third-order valence-electron chi connectivity index (χ3n) is 2.59. The van der Waals surface area contributed by atoms with Gasteiger partial charge in [-0.1, -0.05) is 6.92 Å². The molecule has 0 bridgehead atoms. The van der Waals surface area contributed by atoms with Crippen LogP contribution in [0.25, 0.3) is 0 Å². The Morgan fingerprint density at radius 2 is 2.38 bits per heavy atom. The average molecular weight is 186 g/mol. The van der Waals surface area contributed by atoms with E-state index in [0.717, 1.165) is 39.2 Å². The van der Waals surface area contributed by atoms with Crippen LogP contribution in [0.3, 0.4) is 0 Å². The Hall–Kier alpha value is -0.120. The van der Waals surface area contributed by atoms with E-state index in [-0.39, 0.29) is 0 Å². The van der Waals surface area contributed by atoms with Crippen LogP contribution in [0.4, 0.5) is 0 Å². The summed E-state index contributed by atoms with van der Waals surface area (Å²) in [5, 5.41) is 3.30. The molecule has 0 aromatic heterocycles. The predicted octanol–water partition coefficient (Wildman–Crippen LogP) is 0.707. The molecule has 13 heavy (non-hydrogen) atoms. The minimum Gasteiger partial charge on any atom is -0.377 e. The molecule has 0 radical (unpaired) electrons. The van der Waals surface area contributed by atoms with E-state index in [2.05, 4.69) is 24.2 Å². The average Bonchev–Trinajstić information content (AvgIpc) is 2.64. The van der Waals surface area contributed by atoms with Crippen molar-refractivity contribution in [2.45, 2.75) is 25.9 Å². The SMILES string of the molecule is CCN(C)CCCOC1CCNC1. The lowest BCUT2D eigenvalue weighted by molar-refractivity contribution is 0.0613. The summed E-state index contributed by atoms with van der Waals surface area (Å²) in [5.41, 5.74) is 0. The van der Waals surface area contributed by atoms with Gasteiger partial charge in [0.1, 0.15) is 0 Å². The molecule has 1 unspecified atom stereocenters. The van der Waals surface area contributed by atoms with Gasteiger partial charge in [0, 0.05) is 19.7 Å². The van der Waals surface area contributed by atoms with E-state index in [9.17, 15) is 0 Å². The normalized spacial score (nSPS) is 22.8. The summed E-state index contributed by atoms with van der Waals surface area (Å²) in [7, 11) is 2.15. The maximum Gasteiger partial charge on any atom is 0.0711 e. The molecule has 0 aromatic carbocycles. The van der Waals surface area contributed by atoms with Crippen molar-refractivity contribution < 1.29 is 4.74 Å². The number of ether oxygens (including phenoxy) is 1. The molecule has 78 valence electrons. The van der Waals surface area contributed by atoms with Crippen molar-refractivity contribution in [1.82, 2.24) is 10.2 Å². The molecule has 1 atom stereocenters. The van der Waals surface area contributed by atoms with E-state index in [1.165, 1.54) is 6.42 Å². The molecule has 0 saturated carbocycles. The molecule has 1 heterocycles. The number of hydrogen-bond donors (Lipinski definition) is 1. The molecule has 0 aromatic rings. The van der Waals surface area contributed by atoms with Crippen LogP contribution in [0.5, 0.6) is 0 Å². The van der Waals surface area contributed by atoms with Crippen molar-refractivity contribution in [3.63, 3.8) is 0 Å². The maximum absolute atomic E-state index is 5.71. The molecule has 1 N–H and O–H groups in total. The molecule has 1 aliphatic heterocycles. The second-order valence-electron chi connectivity index (χ2n) is 3.74. The molecule has 3 nitrogen and oxygen atoms in total. The van der Waals surface area contributed by atoms with Gasteiger partial charge in [0.05, 0.1) is 6.10 Å². The van der Waals surface area contributed by atoms with Crippen molar-refractivity contribution in [3.05, 3.63) is 0 Å². The zero-order valence-electron chi connectivity index (χ0n) is 8.88. The van der Waals surface area contributed by atoms with Gasteiger partial charge in [0.2, 0.25) is 0 Å². The maximum atomic E-state index is 5.71. The minimum absolute atomic E-state index is 0.479. The van der Waals surface area contributed by atoms with Crippen LogP contribution in [-0.4, -0.2) is 50.8 Å². The van der Waals surface area contributed by atoms with E-state index in [1.54, 1.807) is 0 Å². The Morgan fingerprint density at radius 3 is 3.00 bits per heavy atom. The Bertz CT molecular complexity index is 124. The van der Waals surface area contributed by atoms with Crippen molar-refractivity contribution in [1.29, 1.82) is 0 Å². The molecular formula is C10H22N2O. The van der Waals surface area contributed by atoms with Crippen LogP contribution in [0.2, 0.25) is 0 Å². The van der Waals surface area contributed by atoms with Gasteiger partial charge < -0.3 is 15.0 Å². The molecule has 1 aliphatic rings. The van der Waals surface area contributed by atoms with Crippen molar-refractivity contribution >= 4 is 0 Å². The first-order valence-electron chi connectivity index (χ1n) is 5.33. The molecule has 1 saturated heterocycles. The molecule has 0 amide bonds. The van der Waals surface area contributed by atoms with Crippen LogP contribution < -0.4 is 5.32 Å². The summed E-state index contributed by atoms with van der Waals surface area (Å²) in [6.45, 7) is 7.54. The summed E-state index contributed by atoms with van der Waals surface area (Å²) in [5.74, 6) is 0. The quantitative estimate of drug-likeness (QED) is 0.618. The second kappa shape index (κ2) is 6.35. The Kier molecular flexibility index (Phi) is 5.35. The van der Waals surface area contributed by atoms with Gasteiger partial charge in [-0.25, -0.2) is 0 Å². The summed E-state index contributed by atoms with van der Waals surface area (Å²) < 4.78 is 5.71. The lowest BCUT2D eigenvalue weighted by atomic mass is 10.3. The number of nitrogens with one attached hydrogen (secondary N) is 1. The van der Waals surface area contributed by atoms with E-state index < -0.39 is 0 Å². The van der Waals surface area contributed by atoms with Gasteiger partial charge in [-0.3, -0.25) is 0 Å². The molecule has 0 spiro atoms. The van der Waals surface area contributed by atoms with Crippen LogP contribution in [0.1, 0.15) is 19.8 Å². The van der Waals surface area contributed by atoms with Crippen LogP contribution >= 0.6 is 0 Å². The van der Waals surface area contributed by atoms with E-state index in [4.69, 9.17) is 4.74 Å². The van der Waals surface area contributed by atoms with Gasteiger partial charge in [0.15, 0.2) is 0 Å². The number of rotatable bonds is 6. The highest BCUT2D eigenvalue weighted by Gasteiger charge is 2.13. The smallest absolute Gasteiger partial charge is 0.0711 e. The van der Waals surface area contributed by atoms with Crippen LogP contribution in [-0.2, 0) is 4.74 Å².